The summed E-state index contributed by atoms with van der Waals surface area (Å²) in [6.07, 6.45) is 1.02. The zero-order chi connectivity index (χ0) is 13.5. The largest absolute Gasteiger partial charge is 0.376 e. The van der Waals surface area contributed by atoms with Crippen molar-refractivity contribution < 1.29 is 9.47 Å². The van der Waals surface area contributed by atoms with Crippen LogP contribution in [0.4, 0.5) is 0 Å². The Morgan fingerprint density at radius 1 is 0.737 bits per heavy atom. The Kier molecular flexibility index (Phi) is 6.04. The van der Waals surface area contributed by atoms with Crippen LogP contribution in [0.5, 0.6) is 0 Å². The minimum Gasteiger partial charge on any atom is -0.376 e. The number of hydrogen-bond donors (Lipinski definition) is 0. The molecule has 0 unspecified atom stereocenters. The molecule has 2 nitrogen and oxygen atoms in total. The van der Waals surface area contributed by atoms with Crippen molar-refractivity contribution in [1.82, 2.24) is 0 Å². The van der Waals surface area contributed by atoms with E-state index in [1.165, 1.54) is 19.5 Å². The summed E-state index contributed by atoms with van der Waals surface area (Å²) in [6, 6.07) is 8.76. The van der Waals surface area contributed by atoms with E-state index in [2.05, 4.69) is 24.3 Å². The first-order chi connectivity index (χ1) is 9.31. The first-order valence-corrected chi connectivity index (χ1v) is 8.25. The van der Waals surface area contributed by atoms with Gasteiger partial charge in [-0.1, -0.05) is 0 Å². The second-order valence-electron chi connectivity index (χ2n) is 4.19. The maximum Gasteiger partial charge on any atom is 0.0809 e. The van der Waals surface area contributed by atoms with Gasteiger partial charge in [-0.3, -0.25) is 0 Å². The highest BCUT2D eigenvalue weighted by Crippen LogP contribution is 2.25. The van der Waals surface area contributed by atoms with Crippen molar-refractivity contribution in [2.45, 2.75) is 33.5 Å². The molecule has 2 aromatic rings. The van der Waals surface area contributed by atoms with Gasteiger partial charge in [-0.05, 0) is 38.1 Å². The summed E-state index contributed by atoms with van der Waals surface area (Å²) in [7, 11) is 0. The highest BCUT2D eigenvalue weighted by Gasteiger charge is 2.05. The van der Waals surface area contributed by atoms with Gasteiger partial charge in [0.05, 0.1) is 13.2 Å². The fourth-order valence-corrected chi connectivity index (χ4v) is 3.82. The Bertz CT molecular complexity index is 444. The van der Waals surface area contributed by atoms with Crippen LogP contribution in [0.1, 0.15) is 33.4 Å². The van der Waals surface area contributed by atoms with Gasteiger partial charge in [-0.15, -0.1) is 22.7 Å². The van der Waals surface area contributed by atoms with Crippen LogP contribution < -0.4 is 0 Å². The molecular formula is C15H20O2S2. The third kappa shape index (κ3) is 4.73. The number of thiophene rings is 2. The molecule has 4 heteroatoms. The Balaban J connectivity index is 1.89. The number of ether oxygens (including phenoxy) is 2. The average Bonchev–Trinajstić information content (AvgIpc) is 3.04. The van der Waals surface area contributed by atoms with E-state index in [4.69, 9.17) is 9.47 Å². The highest BCUT2D eigenvalue weighted by molar-refractivity contribution is 7.13. The molecule has 0 saturated heterocycles. The molecular weight excluding hydrogens is 276 g/mol. The van der Waals surface area contributed by atoms with Crippen LogP contribution in [0.3, 0.4) is 0 Å². The minimum atomic E-state index is 0.737. The molecule has 0 amide bonds. The van der Waals surface area contributed by atoms with Crippen molar-refractivity contribution in [1.29, 1.82) is 0 Å². The van der Waals surface area contributed by atoms with Gasteiger partial charge in [-0.25, -0.2) is 0 Å². The van der Waals surface area contributed by atoms with E-state index in [-0.39, 0.29) is 0 Å². The summed E-state index contributed by atoms with van der Waals surface area (Å²) in [5, 5.41) is 0. The van der Waals surface area contributed by atoms with Gasteiger partial charge in [0.1, 0.15) is 0 Å². The van der Waals surface area contributed by atoms with Crippen LogP contribution in [0, 0.1) is 0 Å². The highest BCUT2D eigenvalue weighted by atomic mass is 32.1. The quantitative estimate of drug-likeness (QED) is 0.715. The van der Waals surface area contributed by atoms with Crippen LogP contribution in [0.25, 0.3) is 0 Å². The zero-order valence-electron chi connectivity index (χ0n) is 11.5. The summed E-state index contributed by atoms with van der Waals surface area (Å²) in [5.74, 6) is 0. The normalized spacial score (nSPS) is 11.1. The maximum absolute atomic E-state index is 5.43. The van der Waals surface area contributed by atoms with Crippen molar-refractivity contribution >= 4 is 22.7 Å². The molecule has 0 aliphatic rings. The molecule has 0 aliphatic heterocycles. The topological polar surface area (TPSA) is 18.5 Å². The summed E-state index contributed by atoms with van der Waals surface area (Å²) in [5.41, 5.74) is 0. The van der Waals surface area contributed by atoms with Crippen LogP contribution in [0.2, 0.25) is 0 Å². The van der Waals surface area contributed by atoms with E-state index >= 15 is 0 Å². The van der Waals surface area contributed by atoms with E-state index in [1.807, 2.05) is 36.5 Å². The fourth-order valence-electron chi connectivity index (χ4n) is 1.77. The molecule has 0 atom stereocenters. The van der Waals surface area contributed by atoms with Crippen LogP contribution in [-0.2, 0) is 29.1 Å². The summed E-state index contributed by atoms with van der Waals surface area (Å²) in [6.45, 7) is 7.08. The van der Waals surface area contributed by atoms with Gasteiger partial charge in [-0.2, -0.15) is 0 Å². The minimum absolute atomic E-state index is 0.737. The summed E-state index contributed by atoms with van der Waals surface area (Å²) in [4.78, 5) is 5.42. The van der Waals surface area contributed by atoms with Crippen molar-refractivity contribution in [3.63, 3.8) is 0 Å². The van der Waals surface area contributed by atoms with E-state index in [0.717, 1.165) is 32.8 Å². The Hall–Kier alpha value is -0.680. The molecule has 19 heavy (non-hydrogen) atoms. The average molecular weight is 296 g/mol. The fraction of sp³-hybridized carbons (Fsp3) is 0.467. The molecule has 0 bridgehead atoms. The SMILES string of the molecule is CCOCc1ccc(Cc2ccc(COCC)s2)s1. The lowest BCUT2D eigenvalue weighted by molar-refractivity contribution is 0.136. The van der Waals surface area contributed by atoms with Crippen LogP contribution in [0.15, 0.2) is 24.3 Å². The standard InChI is InChI=1S/C15H20O2S2/c1-3-16-10-14-7-5-12(18-14)9-13-6-8-15(19-13)11-17-4-2/h5-8H,3-4,9-11H2,1-2H3. The van der Waals surface area contributed by atoms with E-state index in [1.54, 1.807) is 0 Å². The second kappa shape index (κ2) is 7.80. The molecule has 2 rings (SSSR count). The first kappa shape index (κ1) is 14.7. The zero-order valence-corrected chi connectivity index (χ0v) is 13.1. The number of rotatable bonds is 8. The predicted molar refractivity (Wildman–Crippen MR) is 82.1 cm³/mol. The van der Waals surface area contributed by atoms with Crippen molar-refractivity contribution in [3.05, 3.63) is 43.8 Å². The van der Waals surface area contributed by atoms with Gasteiger partial charge in [0.25, 0.3) is 0 Å². The maximum atomic E-state index is 5.43. The molecule has 0 aromatic carbocycles. The lowest BCUT2D eigenvalue weighted by Gasteiger charge is -1.97. The molecule has 2 aromatic heterocycles. The second-order valence-corrected chi connectivity index (χ2v) is 6.69. The molecule has 0 fully saturated rings. The number of hydrogen-bond acceptors (Lipinski definition) is 4. The monoisotopic (exact) mass is 296 g/mol. The lowest BCUT2D eigenvalue weighted by atomic mass is 10.3. The van der Waals surface area contributed by atoms with Crippen molar-refractivity contribution in [2.24, 2.45) is 0 Å². The van der Waals surface area contributed by atoms with Crippen molar-refractivity contribution in [3.8, 4) is 0 Å². The Labute approximate surface area is 123 Å². The summed E-state index contributed by atoms with van der Waals surface area (Å²) < 4.78 is 10.9. The van der Waals surface area contributed by atoms with Gasteiger partial charge in [0.15, 0.2) is 0 Å². The molecule has 0 saturated carbocycles. The molecule has 104 valence electrons. The van der Waals surface area contributed by atoms with Crippen LogP contribution >= 0.6 is 22.7 Å². The lowest BCUT2D eigenvalue weighted by Crippen LogP contribution is -1.87. The smallest absolute Gasteiger partial charge is 0.0809 e. The van der Waals surface area contributed by atoms with Crippen LogP contribution in [-0.4, -0.2) is 13.2 Å². The van der Waals surface area contributed by atoms with Gasteiger partial charge in [0.2, 0.25) is 0 Å². The van der Waals surface area contributed by atoms with Gasteiger partial charge in [0, 0.05) is 39.1 Å². The van der Waals surface area contributed by atoms with Gasteiger partial charge >= 0.3 is 0 Å². The first-order valence-electron chi connectivity index (χ1n) is 6.62. The molecule has 0 N–H and O–H groups in total. The third-order valence-corrected chi connectivity index (χ3v) is 4.80. The molecule has 0 spiro atoms. The molecule has 0 aliphatic carbocycles. The predicted octanol–water partition coefficient (Wildman–Crippen LogP) is 4.47. The van der Waals surface area contributed by atoms with E-state index < -0.39 is 0 Å². The van der Waals surface area contributed by atoms with Gasteiger partial charge < -0.3 is 9.47 Å². The Morgan fingerprint density at radius 2 is 1.16 bits per heavy atom. The third-order valence-electron chi connectivity index (χ3n) is 2.68. The van der Waals surface area contributed by atoms with Crippen molar-refractivity contribution in [2.75, 3.05) is 13.2 Å². The molecule has 0 radical (unpaired) electrons. The molecule has 2 heterocycles. The van der Waals surface area contributed by atoms with E-state index in [0.29, 0.717) is 0 Å². The Morgan fingerprint density at radius 3 is 1.58 bits per heavy atom. The van der Waals surface area contributed by atoms with E-state index in [9.17, 15) is 0 Å². The summed E-state index contributed by atoms with van der Waals surface area (Å²) >= 11 is 3.69.